The lowest BCUT2D eigenvalue weighted by molar-refractivity contribution is 0.0206. The van der Waals surface area contributed by atoms with E-state index in [0.29, 0.717) is 51.3 Å². The summed E-state index contributed by atoms with van der Waals surface area (Å²) >= 11 is 1.40. The van der Waals surface area contributed by atoms with Crippen molar-refractivity contribution < 1.29 is 22.7 Å². The molecule has 0 radical (unpaired) electrons. The first kappa shape index (κ1) is 33.4. The Kier molecular flexibility index (Phi) is 9.18. The fraction of sp³-hybridized carbons (Fsp3) is 0.371. The van der Waals surface area contributed by atoms with Gasteiger partial charge in [-0.05, 0) is 90.8 Å². The number of pyridine rings is 1. The van der Waals surface area contributed by atoms with Gasteiger partial charge in [-0.2, -0.15) is 0 Å². The number of hydrogen-bond acceptors (Lipinski definition) is 10. The molecule has 0 bridgehead atoms. The number of rotatable bonds is 8. The predicted octanol–water partition coefficient (Wildman–Crippen LogP) is 7.37. The largest absolute Gasteiger partial charge is 0.475 e. The molecule has 3 aromatic heterocycles. The van der Waals surface area contributed by atoms with Crippen LogP contribution >= 0.6 is 11.3 Å². The van der Waals surface area contributed by atoms with Gasteiger partial charge in [-0.15, -0.1) is 10.2 Å². The van der Waals surface area contributed by atoms with E-state index in [2.05, 4.69) is 15.5 Å². The van der Waals surface area contributed by atoms with Crippen LogP contribution in [0.1, 0.15) is 53.0 Å². The number of amides is 1. The number of carbonyl (C=O) groups is 1. The smallest absolute Gasteiger partial charge is 0.410 e. The first-order valence-electron chi connectivity index (χ1n) is 16.0. The molecular formula is C35H40N6O5S2. The zero-order valence-electron chi connectivity index (χ0n) is 27.9. The summed E-state index contributed by atoms with van der Waals surface area (Å²) in [5, 5.41) is 14.3. The van der Waals surface area contributed by atoms with Crippen molar-refractivity contribution in [1.82, 2.24) is 24.1 Å². The molecule has 0 saturated carbocycles. The van der Waals surface area contributed by atoms with Crippen molar-refractivity contribution in [2.75, 3.05) is 18.4 Å². The molecule has 48 heavy (non-hydrogen) atoms. The van der Waals surface area contributed by atoms with Gasteiger partial charge >= 0.3 is 6.09 Å². The van der Waals surface area contributed by atoms with Gasteiger partial charge in [0, 0.05) is 47.9 Å². The summed E-state index contributed by atoms with van der Waals surface area (Å²) < 4.78 is 40.7. The van der Waals surface area contributed by atoms with Crippen molar-refractivity contribution >= 4 is 43.5 Å². The highest BCUT2D eigenvalue weighted by atomic mass is 32.2. The number of carbonyl (C=O) groups excluding carboxylic acids is 1. The average Bonchev–Trinajstić information content (AvgIpc) is 3.65. The lowest BCUT2D eigenvalue weighted by atomic mass is 10.1. The van der Waals surface area contributed by atoms with Crippen molar-refractivity contribution in [3.63, 3.8) is 0 Å². The number of hydrogen-bond donors (Lipinski definition) is 1. The molecule has 1 atom stereocenters. The molecule has 1 aliphatic rings. The first-order valence-corrected chi connectivity index (χ1v) is 18.2. The van der Waals surface area contributed by atoms with Gasteiger partial charge in [0.1, 0.15) is 10.6 Å². The number of piperidine rings is 1. The summed E-state index contributed by atoms with van der Waals surface area (Å²) in [5.74, 6) is 0.453. The molecule has 5 aromatic rings. The van der Waals surface area contributed by atoms with Gasteiger partial charge in [0.25, 0.3) is 10.0 Å². The number of ether oxygens (including phenoxy) is 2. The molecule has 252 valence electrons. The van der Waals surface area contributed by atoms with Crippen molar-refractivity contribution in [3.8, 4) is 27.7 Å². The average molecular weight is 689 g/mol. The Bertz CT molecular complexity index is 2050. The maximum atomic E-state index is 14.0. The van der Waals surface area contributed by atoms with Crippen LogP contribution in [0, 0.1) is 6.92 Å². The van der Waals surface area contributed by atoms with E-state index >= 15 is 0 Å². The molecule has 1 fully saturated rings. The van der Waals surface area contributed by atoms with Gasteiger partial charge < -0.3 is 19.7 Å². The fourth-order valence-corrected chi connectivity index (χ4v) is 7.78. The third-order valence-corrected chi connectivity index (χ3v) is 10.4. The molecular weight excluding hydrogens is 649 g/mol. The molecule has 11 nitrogen and oxygen atoms in total. The van der Waals surface area contributed by atoms with Crippen LogP contribution in [0.4, 0.5) is 9.93 Å². The Balaban J connectivity index is 1.34. The van der Waals surface area contributed by atoms with Gasteiger partial charge in [0.2, 0.25) is 11.0 Å². The number of nitrogens with one attached hydrogen (secondary N) is 1. The standard InChI is InChI=1S/C35H40N6O5S2/c1-22(2)45-31-11-7-10-29(37-31)28-21-41(48(43,44)26-15-12-23(3)13-16-26)30-17-14-24(19-27(28)30)32-38-39-33(47-32)36-25-9-8-18-40(20-25)34(42)46-35(4,5)6/h7,10-17,19,21-22,25H,8-9,18,20H2,1-6H3,(H,36,39). The Labute approximate surface area is 285 Å². The van der Waals surface area contributed by atoms with Crippen molar-refractivity contribution in [2.45, 2.75) is 77.0 Å². The number of aromatic nitrogens is 4. The highest BCUT2D eigenvalue weighted by Crippen LogP contribution is 2.37. The molecule has 0 aliphatic carbocycles. The monoisotopic (exact) mass is 688 g/mol. The quantitative estimate of drug-likeness (QED) is 0.178. The summed E-state index contributed by atoms with van der Waals surface area (Å²) in [6.07, 6.45) is 2.97. The number of likely N-dealkylation sites (tertiary alicyclic amines) is 1. The second-order valence-electron chi connectivity index (χ2n) is 13.2. The van der Waals surface area contributed by atoms with Gasteiger partial charge in [-0.3, -0.25) is 0 Å². The fourth-order valence-electron chi connectivity index (χ4n) is 5.59. The highest BCUT2D eigenvalue weighted by Gasteiger charge is 2.28. The van der Waals surface area contributed by atoms with Gasteiger partial charge in [0.15, 0.2) is 0 Å². The van der Waals surface area contributed by atoms with Gasteiger partial charge in [-0.25, -0.2) is 22.2 Å². The van der Waals surface area contributed by atoms with Crippen molar-refractivity contribution in [2.24, 2.45) is 0 Å². The summed E-state index contributed by atoms with van der Waals surface area (Å²) in [7, 11) is -3.92. The third kappa shape index (κ3) is 7.31. The number of nitrogens with zero attached hydrogens (tertiary/aromatic N) is 5. The van der Waals surface area contributed by atoms with Crippen molar-refractivity contribution in [3.05, 3.63) is 72.4 Å². The summed E-state index contributed by atoms with van der Waals surface area (Å²) in [6, 6.07) is 17.9. The normalized spacial score (nSPS) is 15.6. The van der Waals surface area contributed by atoms with E-state index in [1.807, 2.05) is 65.8 Å². The summed E-state index contributed by atoms with van der Waals surface area (Å²) in [5.41, 5.74) is 2.94. The van der Waals surface area contributed by atoms with E-state index in [-0.39, 0.29) is 23.1 Å². The van der Waals surface area contributed by atoms with E-state index in [4.69, 9.17) is 14.5 Å². The minimum absolute atomic E-state index is 0.00794. The Hall–Kier alpha value is -4.49. The molecule has 13 heteroatoms. The van der Waals surface area contributed by atoms with Gasteiger partial charge in [-0.1, -0.05) is 35.1 Å². The SMILES string of the molecule is Cc1ccc(S(=O)(=O)n2cc(-c3cccc(OC(C)C)n3)c3cc(-c4nnc(NC5CCCN(C(=O)OC(C)(C)C)C5)s4)ccc32)cc1. The van der Waals surface area contributed by atoms with Crippen LogP contribution in [0.3, 0.4) is 0 Å². The van der Waals surface area contributed by atoms with Crippen LogP contribution in [0.15, 0.2) is 71.8 Å². The molecule has 0 spiro atoms. The van der Waals surface area contributed by atoms with Crippen molar-refractivity contribution in [1.29, 1.82) is 0 Å². The maximum Gasteiger partial charge on any atom is 0.410 e. The molecule has 1 unspecified atom stereocenters. The van der Waals surface area contributed by atoms with Crippen LogP contribution in [0.2, 0.25) is 0 Å². The second kappa shape index (κ2) is 13.2. The van der Waals surface area contributed by atoms with Crippen LogP contribution < -0.4 is 10.1 Å². The maximum absolute atomic E-state index is 14.0. The van der Waals surface area contributed by atoms with E-state index in [1.165, 1.54) is 15.3 Å². The van der Waals surface area contributed by atoms with E-state index < -0.39 is 15.6 Å². The molecule has 1 saturated heterocycles. The minimum atomic E-state index is -3.92. The number of benzene rings is 2. The second-order valence-corrected chi connectivity index (χ2v) is 16.0. The highest BCUT2D eigenvalue weighted by molar-refractivity contribution is 7.90. The molecule has 6 rings (SSSR count). The molecule has 1 N–H and O–H groups in total. The Morgan fingerprint density at radius 1 is 1.06 bits per heavy atom. The van der Waals surface area contributed by atoms with Crippen LogP contribution in [0.25, 0.3) is 32.7 Å². The van der Waals surface area contributed by atoms with Gasteiger partial charge in [0.05, 0.1) is 22.2 Å². The number of anilines is 1. The Morgan fingerprint density at radius 2 is 1.83 bits per heavy atom. The summed E-state index contributed by atoms with van der Waals surface area (Å²) in [6.45, 7) is 12.5. The Morgan fingerprint density at radius 3 is 2.56 bits per heavy atom. The van der Waals surface area contributed by atoms with Crippen LogP contribution in [-0.4, -0.2) is 69.4 Å². The van der Waals surface area contributed by atoms with E-state index in [9.17, 15) is 13.2 Å². The van der Waals surface area contributed by atoms with E-state index in [1.54, 1.807) is 47.5 Å². The topological polar surface area (TPSA) is 129 Å². The number of aryl methyl sites for hydroxylation is 1. The first-order chi connectivity index (χ1) is 22.8. The van der Waals surface area contributed by atoms with Crippen LogP contribution in [-0.2, 0) is 14.8 Å². The molecule has 2 aromatic carbocycles. The van der Waals surface area contributed by atoms with Crippen LogP contribution in [0.5, 0.6) is 5.88 Å². The lowest BCUT2D eigenvalue weighted by Gasteiger charge is -2.34. The molecule has 1 aliphatic heterocycles. The van der Waals surface area contributed by atoms with E-state index in [0.717, 1.165) is 24.0 Å². The predicted molar refractivity (Wildman–Crippen MR) is 188 cm³/mol. The third-order valence-electron chi connectivity index (χ3n) is 7.78. The minimum Gasteiger partial charge on any atom is -0.475 e. The number of fused-ring (bicyclic) bond motifs is 1. The molecule has 4 heterocycles. The molecule has 1 amide bonds. The zero-order chi connectivity index (χ0) is 34.2. The lowest BCUT2D eigenvalue weighted by Crippen LogP contribution is -2.46. The summed E-state index contributed by atoms with van der Waals surface area (Å²) in [4.78, 5) is 19.3. The zero-order valence-corrected chi connectivity index (χ0v) is 29.6.